The molecule has 0 spiro atoms. The third kappa shape index (κ3) is 8.18. The highest BCUT2D eigenvalue weighted by atomic mass is 16.4. The Bertz CT molecular complexity index is 1540. The number of hydrogen-bond acceptors (Lipinski definition) is 6. The number of aromatic nitrogens is 1. The molecule has 1 aromatic heterocycles. The Morgan fingerprint density at radius 1 is 0.738 bits per heavy atom. The van der Waals surface area contributed by atoms with Crippen LogP contribution in [0.4, 0.5) is 0 Å². The normalized spacial score (nSPS) is 13.1. The first-order valence-electron chi connectivity index (χ1n) is 13.4. The molecule has 0 bridgehead atoms. The van der Waals surface area contributed by atoms with Crippen LogP contribution in [0.2, 0.25) is 0 Å². The van der Waals surface area contributed by atoms with Crippen LogP contribution < -0.4 is 21.7 Å². The fourth-order valence-electron chi connectivity index (χ4n) is 4.60. The number of amides is 3. The third-order valence-corrected chi connectivity index (χ3v) is 6.79. The van der Waals surface area contributed by atoms with Gasteiger partial charge >= 0.3 is 5.97 Å². The number of H-pyrrole nitrogens is 1. The average molecular weight is 572 g/mol. The number of phenolic OH excluding ortho intramolecular Hbond substituents is 1. The van der Waals surface area contributed by atoms with Gasteiger partial charge in [-0.3, -0.25) is 19.2 Å². The van der Waals surface area contributed by atoms with Gasteiger partial charge in [0.15, 0.2) is 0 Å². The standard InChI is InChI=1S/C31H33N5O6/c32-24(16-21-17-33-25-9-5-4-8-23(21)25)29(40)35-27(15-20-10-12-22(37)13-11-20)31(42)36-26(30(41)34-18-28(38)39)14-19-6-2-1-3-7-19/h1-13,17,24,26-27,33,37H,14-16,18,32H2,(H,34,41)(H,35,40)(H,36,42)(H,38,39). The molecule has 11 heteroatoms. The minimum absolute atomic E-state index is 0.0440. The summed E-state index contributed by atoms with van der Waals surface area (Å²) in [4.78, 5) is 53.9. The van der Waals surface area contributed by atoms with Crippen molar-refractivity contribution in [3.8, 4) is 5.75 Å². The Morgan fingerprint density at radius 3 is 2.02 bits per heavy atom. The third-order valence-electron chi connectivity index (χ3n) is 6.79. The van der Waals surface area contributed by atoms with Crippen LogP contribution in [-0.4, -0.2) is 63.6 Å². The topological polar surface area (TPSA) is 187 Å². The molecule has 0 aliphatic carbocycles. The maximum absolute atomic E-state index is 13.6. The Labute approximate surface area is 242 Å². The maximum Gasteiger partial charge on any atom is 0.322 e. The van der Waals surface area contributed by atoms with E-state index in [0.29, 0.717) is 5.56 Å². The predicted molar refractivity (Wildman–Crippen MR) is 156 cm³/mol. The molecule has 3 amide bonds. The number of aromatic hydroxyl groups is 1. The molecule has 11 nitrogen and oxygen atoms in total. The highest BCUT2D eigenvalue weighted by molar-refractivity contribution is 5.94. The molecule has 0 saturated heterocycles. The molecule has 3 atom stereocenters. The highest BCUT2D eigenvalue weighted by Crippen LogP contribution is 2.19. The van der Waals surface area contributed by atoms with Gasteiger partial charge in [-0.25, -0.2) is 0 Å². The smallest absolute Gasteiger partial charge is 0.322 e. The van der Waals surface area contributed by atoms with E-state index in [2.05, 4.69) is 20.9 Å². The van der Waals surface area contributed by atoms with Crippen LogP contribution in [0.15, 0.2) is 85.1 Å². The minimum Gasteiger partial charge on any atom is -0.508 e. The summed E-state index contributed by atoms with van der Waals surface area (Å²) in [5.41, 5.74) is 9.43. The van der Waals surface area contributed by atoms with Gasteiger partial charge in [-0.05, 0) is 41.3 Å². The Morgan fingerprint density at radius 2 is 1.33 bits per heavy atom. The number of phenols is 1. The number of nitrogens with two attached hydrogens (primary N) is 1. The van der Waals surface area contributed by atoms with Crippen molar-refractivity contribution in [2.24, 2.45) is 5.73 Å². The van der Waals surface area contributed by atoms with Crippen LogP contribution in [-0.2, 0) is 38.4 Å². The van der Waals surface area contributed by atoms with Gasteiger partial charge in [0.05, 0.1) is 6.04 Å². The van der Waals surface area contributed by atoms with Crippen molar-refractivity contribution in [3.05, 3.63) is 102 Å². The van der Waals surface area contributed by atoms with E-state index in [1.165, 1.54) is 12.1 Å². The minimum atomic E-state index is -1.23. The Hall–Kier alpha value is -5.16. The number of rotatable bonds is 13. The molecule has 0 fully saturated rings. The van der Waals surface area contributed by atoms with E-state index in [9.17, 15) is 24.3 Å². The van der Waals surface area contributed by atoms with Gasteiger partial charge in [-0.15, -0.1) is 0 Å². The number of hydrogen-bond donors (Lipinski definition) is 7. The SMILES string of the molecule is NC(Cc1c[nH]c2ccccc12)C(=O)NC(Cc1ccc(O)cc1)C(=O)NC(Cc1ccccc1)C(=O)NCC(=O)O. The molecule has 1 heterocycles. The van der Waals surface area contributed by atoms with Gasteiger partial charge in [-0.2, -0.15) is 0 Å². The fourth-order valence-corrected chi connectivity index (χ4v) is 4.60. The second-order valence-electron chi connectivity index (χ2n) is 9.96. The van der Waals surface area contributed by atoms with E-state index in [4.69, 9.17) is 10.8 Å². The number of carbonyl (C=O) groups excluding carboxylic acids is 3. The van der Waals surface area contributed by atoms with Crippen molar-refractivity contribution < 1.29 is 29.4 Å². The van der Waals surface area contributed by atoms with Gasteiger partial charge in [0.2, 0.25) is 17.7 Å². The number of aliphatic carboxylic acids is 1. The summed E-state index contributed by atoms with van der Waals surface area (Å²) in [5.74, 6) is -3.08. The molecule has 3 unspecified atom stereocenters. The summed E-state index contributed by atoms with van der Waals surface area (Å²) >= 11 is 0. The summed E-state index contributed by atoms with van der Waals surface area (Å²) in [5, 5.41) is 27.3. The van der Waals surface area contributed by atoms with E-state index in [0.717, 1.165) is 22.0 Å². The predicted octanol–water partition coefficient (Wildman–Crippen LogP) is 1.40. The van der Waals surface area contributed by atoms with E-state index < -0.39 is 48.4 Å². The average Bonchev–Trinajstić information content (AvgIpc) is 3.39. The molecule has 0 aliphatic heterocycles. The number of para-hydroxylation sites is 1. The van der Waals surface area contributed by atoms with E-state index in [1.54, 1.807) is 42.6 Å². The second-order valence-corrected chi connectivity index (χ2v) is 9.96. The molecular weight excluding hydrogens is 538 g/mol. The Kier molecular flexibility index (Phi) is 9.90. The number of aromatic amines is 1. The number of carboxylic acids is 1. The number of fused-ring (bicyclic) bond motifs is 1. The van der Waals surface area contributed by atoms with Crippen LogP contribution >= 0.6 is 0 Å². The van der Waals surface area contributed by atoms with Gasteiger partial charge in [0.25, 0.3) is 0 Å². The number of carboxylic acid groups (broad SMARTS) is 1. The van der Waals surface area contributed by atoms with Crippen molar-refractivity contribution in [1.29, 1.82) is 0 Å². The lowest BCUT2D eigenvalue weighted by molar-refractivity contribution is -0.138. The largest absolute Gasteiger partial charge is 0.508 e. The molecule has 42 heavy (non-hydrogen) atoms. The summed E-state index contributed by atoms with van der Waals surface area (Å²) in [6, 6.07) is 19.5. The maximum atomic E-state index is 13.6. The fraction of sp³-hybridized carbons (Fsp3) is 0.226. The highest BCUT2D eigenvalue weighted by Gasteiger charge is 2.29. The lowest BCUT2D eigenvalue weighted by Crippen LogP contribution is -2.57. The van der Waals surface area contributed by atoms with E-state index >= 15 is 0 Å². The zero-order chi connectivity index (χ0) is 30.1. The molecule has 8 N–H and O–H groups in total. The summed E-state index contributed by atoms with van der Waals surface area (Å²) in [7, 11) is 0. The monoisotopic (exact) mass is 571 g/mol. The summed E-state index contributed by atoms with van der Waals surface area (Å²) < 4.78 is 0. The van der Waals surface area contributed by atoms with Gasteiger partial charge in [-0.1, -0.05) is 60.7 Å². The van der Waals surface area contributed by atoms with E-state index in [1.807, 2.05) is 30.3 Å². The lowest BCUT2D eigenvalue weighted by Gasteiger charge is -2.24. The molecule has 218 valence electrons. The van der Waals surface area contributed by atoms with Crippen molar-refractivity contribution >= 4 is 34.6 Å². The zero-order valence-electron chi connectivity index (χ0n) is 22.7. The zero-order valence-corrected chi connectivity index (χ0v) is 22.7. The molecule has 4 rings (SSSR count). The van der Waals surface area contributed by atoms with Crippen LogP contribution in [0.25, 0.3) is 10.9 Å². The number of nitrogens with one attached hydrogen (secondary N) is 4. The lowest BCUT2D eigenvalue weighted by atomic mass is 10.0. The van der Waals surface area contributed by atoms with Crippen molar-refractivity contribution in [3.63, 3.8) is 0 Å². The molecule has 3 aromatic carbocycles. The van der Waals surface area contributed by atoms with E-state index in [-0.39, 0.29) is 25.0 Å². The summed E-state index contributed by atoms with van der Waals surface area (Å²) in [6.45, 7) is -0.615. The number of benzene rings is 3. The van der Waals surface area contributed by atoms with Gasteiger partial charge in [0.1, 0.15) is 24.4 Å². The van der Waals surface area contributed by atoms with Crippen LogP contribution in [0.5, 0.6) is 5.75 Å². The van der Waals surface area contributed by atoms with Gasteiger partial charge in [0, 0.05) is 29.9 Å². The molecule has 0 aliphatic rings. The molecule has 4 aromatic rings. The van der Waals surface area contributed by atoms with Crippen LogP contribution in [0.3, 0.4) is 0 Å². The molecule has 0 saturated carbocycles. The van der Waals surface area contributed by atoms with Gasteiger partial charge < -0.3 is 36.9 Å². The first-order chi connectivity index (χ1) is 20.2. The van der Waals surface area contributed by atoms with Crippen molar-refractivity contribution in [1.82, 2.24) is 20.9 Å². The first-order valence-corrected chi connectivity index (χ1v) is 13.4. The number of carbonyl (C=O) groups is 4. The molecule has 0 radical (unpaired) electrons. The van der Waals surface area contributed by atoms with Crippen LogP contribution in [0.1, 0.15) is 16.7 Å². The van der Waals surface area contributed by atoms with Crippen molar-refractivity contribution in [2.75, 3.05) is 6.54 Å². The first kappa shape index (κ1) is 29.8. The quantitative estimate of drug-likeness (QED) is 0.126. The van der Waals surface area contributed by atoms with Crippen LogP contribution in [0, 0.1) is 0 Å². The Balaban J connectivity index is 1.52. The van der Waals surface area contributed by atoms with Crippen molar-refractivity contribution in [2.45, 2.75) is 37.4 Å². The second kappa shape index (κ2) is 14.0. The molecular formula is C31H33N5O6. The summed E-state index contributed by atoms with van der Waals surface area (Å²) in [6.07, 6.45) is 2.16.